The van der Waals surface area contributed by atoms with Gasteiger partial charge in [0.15, 0.2) is 0 Å². The number of nitrogens with zero attached hydrogens (tertiary/aromatic N) is 2. The molecule has 0 bridgehead atoms. The lowest BCUT2D eigenvalue weighted by Gasteiger charge is -1.83. The minimum Gasteiger partial charge on any atom is -0.298 e. The minimum absolute atomic E-state index is 0.655. The van der Waals surface area contributed by atoms with Crippen LogP contribution in [-0.2, 0) is 0 Å². The molecule has 1 heterocycles. The van der Waals surface area contributed by atoms with Crippen LogP contribution in [0.3, 0.4) is 0 Å². The fourth-order valence-electron chi connectivity index (χ4n) is 0.355. The van der Waals surface area contributed by atoms with Crippen LogP contribution in [0.2, 0.25) is 0 Å². The standard InChI is InChI=1S/C3H6N4S/c1-2-6-7-3(5-4)8-2/h4H2,1H3,(H,5,7). The highest BCUT2D eigenvalue weighted by molar-refractivity contribution is 7.15. The van der Waals surface area contributed by atoms with Crippen LogP contribution in [-0.4, -0.2) is 10.2 Å². The predicted octanol–water partition coefficient (Wildman–Crippen LogP) is 0.132. The molecule has 1 aromatic rings. The predicted molar refractivity (Wildman–Crippen MR) is 32.5 cm³/mol. The number of hydrazine groups is 1. The van der Waals surface area contributed by atoms with Crippen molar-refractivity contribution in [3.05, 3.63) is 5.01 Å². The molecule has 44 valence electrons. The van der Waals surface area contributed by atoms with Crippen molar-refractivity contribution in [3.8, 4) is 0 Å². The van der Waals surface area contributed by atoms with Crippen LogP contribution in [0.1, 0.15) is 5.01 Å². The van der Waals surface area contributed by atoms with Crippen molar-refractivity contribution in [2.45, 2.75) is 6.92 Å². The molecular weight excluding hydrogens is 124 g/mol. The highest BCUT2D eigenvalue weighted by atomic mass is 32.1. The topological polar surface area (TPSA) is 63.8 Å². The van der Waals surface area contributed by atoms with Gasteiger partial charge in [-0.15, -0.1) is 10.2 Å². The number of anilines is 1. The molecule has 0 atom stereocenters. The second-order valence-electron chi connectivity index (χ2n) is 1.27. The Morgan fingerprint density at radius 3 is 2.62 bits per heavy atom. The zero-order valence-corrected chi connectivity index (χ0v) is 5.20. The minimum atomic E-state index is 0.655. The lowest BCUT2D eigenvalue weighted by molar-refractivity contribution is 1.04. The number of rotatable bonds is 1. The van der Waals surface area contributed by atoms with E-state index in [4.69, 9.17) is 5.84 Å². The van der Waals surface area contributed by atoms with Crippen LogP contribution in [0.4, 0.5) is 5.13 Å². The first-order valence-electron chi connectivity index (χ1n) is 2.09. The molecule has 1 rings (SSSR count). The molecule has 0 saturated carbocycles. The summed E-state index contributed by atoms with van der Waals surface area (Å²) in [7, 11) is 0. The van der Waals surface area contributed by atoms with Crippen molar-refractivity contribution in [1.29, 1.82) is 0 Å². The van der Waals surface area contributed by atoms with E-state index in [9.17, 15) is 0 Å². The Morgan fingerprint density at radius 2 is 2.38 bits per heavy atom. The molecular formula is C3H6N4S. The smallest absolute Gasteiger partial charge is 0.219 e. The maximum atomic E-state index is 5.02. The van der Waals surface area contributed by atoms with E-state index in [2.05, 4.69) is 15.6 Å². The summed E-state index contributed by atoms with van der Waals surface area (Å²) in [6.07, 6.45) is 0. The lowest BCUT2D eigenvalue weighted by Crippen LogP contribution is -2.05. The molecule has 1 aromatic heterocycles. The summed E-state index contributed by atoms with van der Waals surface area (Å²) in [5.41, 5.74) is 2.39. The molecule has 4 nitrogen and oxygen atoms in total. The van der Waals surface area contributed by atoms with E-state index in [1.54, 1.807) is 0 Å². The van der Waals surface area contributed by atoms with Crippen molar-refractivity contribution in [3.63, 3.8) is 0 Å². The number of aryl methyl sites for hydroxylation is 1. The highest BCUT2D eigenvalue weighted by Gasteiger charge is 1.93. The average molecular weight is 130 g/mol. The van der Waals surface area contributed by atoms with Crippen LogP contribution in [0.25, 0.3) is 0 Å². The van der Waals surface area contributed by atoms with E-state index in [0.717, 1.165) is 5.01 Å². The summed E-state index contributed by atoms with van der Waals surface area (Å²) in [4.78, 5) is 0. The molecule has 5 heteroatoms. The lowest BCUT2D eigenvalue weighted by atomic mass is 10.9. The van der Waals surface area contributed by atoms with E-state index in [0.29, 0.717) is 5.13 Å². The third kappa shape index (κ3) is 0.932. The summed E-state index contributed by atoms with van der Waals surface area (Å²) in [5, 5.41) is 8.95. The van der Waals surface area contributed by atoms with Crippen LogP contribution < -0.4 is 11.3 Å². The Hall–Kier alpha value is -0.680. The van der Waals surface area contributed by atoms with Gasteiger partial charge in [0.25, 0.3) is 0 Å². The molecule has 0 spiro atoms. The van der Waals surface area contributed by atoms with E-state index in [1.165, 1.54) is 11.3 Å². The van der Waals surface area contributed by atoms with Gasteiger partial charge in [-0.2, -0.15) is 0 Å². The van der Waals surface area contributed by atoms with Gasteiger partial charge in [-0.25, -0.2) is 5.84 Å². The van der Waals surface area contributed by atoms with Gasteiger partial charge in [0.1, 0.15) is 5.01 Å². The maximum absolute atomic E-state index is 5.02. The molecule has 0 aliphatic heterocycles. The first kappa shape index (κ1) is 5.46. The van der Waals surface area contributed by atoms with E-state index in [1.807, 2.05) is 6.92 Å². The van der Waals surface area contributed by atoms with Crippen molar-refractivity contribution in [1.82, 2.24) is 10.2 Å². The van der Waals surface area contributed by atoms with Gasteiger partial charge in [0, 0.05) is 0 Å². The van der Waals surface area contributed by atoms with Gasteiger partial charge in [-0.1, -0.05) is 11.3 Å². The van der Waals surface area contributed by atoms with Gasteiger partial charge in [-0.3, -0.25) is 5.43 Å². The van der Waals surface area contributed by atoms with E-state index >= 15 is 0 Å². The van der Waals surface area contributed by atoms with Crippen molar-refractivity contribution in [2.24, 2.45) is 5.84 Å². The zero-order valence-electron chi connectivity index (χ0n) is 4.38. The molecule has 0 unspecified atom stereocenters. The SMILES string of the molecule is Cc1nnc(NN)s1. The third-order valence-corrected chi connectivity index (χ3v) is 1.42. The Labute approximate surface area is 50.7 Å². The van der Waals surface area contributed by atoms with Crippen molar-refractivity contribution in [2.75, 3.05) is 5.43 Å². The Kier molecular flexibility index (Phi) is 1.40. The summed E-state index contributed by atoms with van der Waals surface area (Å²) in [6, 6.07) is 0. The van der Waals surface area contributed by atoms with Gasteiger partial charge in [0.2, 0.25) is 5.13 Å². The van der Waals surface area contributed by atoms with Crippen LogP contribution in [0.15, 0.2) is 0 Å². The summed E-state index contributed by atoms with van der Waals surface area (Å²) in [5.74, 6) is 5.02. The molecule has 0 aromatic carbocycles. The number of hydrogen-bond acceptors (Lipinski definition) is 5. The number of nitrogen functional groups attached to an aromatic ring is 1. The summed E-state index contributed by atoms with van der Waals surface area (Å²) < 4.78 is 0. The largest absolute Gasteiger partial charge is 0.298 e. The molecule has 0 amide bonds. The number of hydrogen-bond donors (Lipinski definition) is 2. The second kappa shape index (κ2) is 2.06. The molecule has 0 aliphatic carbocycles. The number of nitrogens with two attached hydrogens (primary N) is 1. The highest BCUT2D eigenvalue weighted by Crippen LogP contribution is 2.10. The Balaban J connectivity index is 2.84. The van der Waals surface area contributed by atoms with E-state index < -0.39 is 0 Å². The Morgan fingerprint density at radius 1 is 1.62 bits per heavy atom. The van der Waals surface area contributed by atoms with Gasteiger partial charge in [0.05, 0.1) is 0 Å². The van der Waals surface area contributed by atoms with Crippen molar-refractivity contribution >= 4 is 16.5 Å². The average Bonchev–Trinajstić information content (AvgIpc) is 2.14. The Bertz CT molecular complexity index is 172. The van der Waals surface area contributed by atoms with Gasteiger partial charge >= 0.3 is 0 Å². The van der Waals surface area contributed by atoms with Crippen LogP contribution in [0, 0.1) is 6.92 Å². The third-order valence-electron chi connectivity index (χ3n) is 0.650. The first-order valence-corrected chi connectivity index (χ1v) is 2.91. The molecule has 0 radical (unpaired) electrons. The zero-order chi connectivity index (χ0) is 5.98. The maximum Gasteiger partial charge on any atom is 0.219 e. The quantitative estimate of drug-likeness (QED) is 0.419. The van der Waals surface area contributed by atoms with Crippen LogP contribution >= 0.6 is 11.3 Å². The summed E-state index contributed by atoms with van der Waals surface area (Å²) in [6.45, 7) is 1.87. The monoisotopic (exact) mass is 130 g/mol. The van der Waals surface area contributed by atoms with Gasteiger partial charge < -0.3 is 0 Å². The number of aromatic nitrogens is 2. The first-order chi connectivity index (χ1) is 3.83. The molecule has 0 aliphatic rings. The molecule has 0 saturated heterocycles. The normalized spacial score (nSPS) is 9.25. The summed E-state index contributed by atoms with van der Waals surface area (Å²) >= 11 is 1.43. The number of nitrogens with one attached hydrogen (secondary N) is 1. The molecule has 0 fully saturated rings. The molecule has 8 heavy (non-hydrogen) atoms. The second-order valence-corrected chi connectivity index (χ2v) is 2.45. The molecule has 3 N–H and O–H groups in total. The fraction of sp³-hybridized carbons (Fsp3) is 0.333. The van der Waals surface area contributed by atoms with Crippen LogP contribution in [0.5, 0.6) is 0 Å². The fourth-order valence-corrected chi connectivity index (χ4v) is 0.857. The van der Waals surface area contributed by atoms with Gasteiger partial charge in [-0.05, 0) is 6.92 Å². The van der Waals surface area contributed by atoms with E-state index in [-0.39, 0.29) is 0 Å². The van der Waals surface area contributed by atoms with Crippen molar-refractivity contribution < 1.29 is 0 Å².